The summed E-state index contributed by atoms with van der Waals surface area (Å²) in [6.45, 7) is 2.24. The molecular weight excluding hydrogens is 202 g/mol. The van der Waals surface area contributed by atoms with Gasteiger partial charge in [0.2, 0.25) is 5.91 Å². The normalized spacial score (nSPS) is 10.1. The fraction of sp³-hybridized carbons (Fsp3) is 0.462. The number of benzene rings is 1. The van der Waals surface area contributed by atoms with Crippen LogP contribution in [0.4, 0.5) is 5.69 Å². The molecular formula is C13H19NO2. The van der Waals surface area contributed by atoms with Crippen LogP contribution in [0.15, 0.2) is 24.3 Å². The summed E-state index contributed by atoms with van der Waals surface area (Å²) in [5.74, 6) is 0.0155. The van der Waals surface area contributed by atoms with E-state index in [0.717, 1.165) is 18.5 Å². The number of nitrogens with one attached hydrogen (secondary N) is 1. The number of aryl methyl sites for hydroxylation is 1. The summed E-state index contributed by atoms with van der Waals surface area (Å²) in [4.78, 5) is 11.5. The molecule has 16 heavy (non-hydrogen) atoms. The molecule has 1 aromatic rings. The molecule has 0 aromatic heterocycles. The van der Waals surface area contributed by atoms with Crippen molar-refractivity contribution in [3.8, 4) is 0 Å². The predicted molar refractivity (Wildman–Crippen MR) is 65.4 cm³/mol. The van der Waals surface area contributed by atoms with Gasteiger partial charge < -0.3 is 10.4 Å². The Labute approximate surface area is 96.5 Å². The summed E-state index contributed by atoms with van der Waals surface area (Å²) in [6.07, 6.45) is 2.85. The molecule has 0 heterocycles. The van der Waals surface area contributed by atoms with Gasteiger partial charge in [-0.05, 0) is 37.0 Å². The zero-order valence-corrected chi connectivity index (χ0v) is 9.70. The van der Waals surface area contributed by atoms with Gasteiger partial charge in [0, 0.05) is 18.7 Å². The van der Waals surface area contributed by atoms with Gasteiger partial charge in [-0.25, -0.2) is 0 Å². The molecule has 88 valence electrons. The van der Waals surface area contributed by atoms with Gasteiger partial charge in [0.25, 0.3) is 0 Å². The standard InChI is InChI=1S/C13H19NO2/c1-2-11-6-5-7-12(10-11)14-13(16)8-3-4-9-15/h5-7,10,15H,2-4,8-9H2,1H3,(H,14,16). The highest BCUT2D eigenvalue weighted by Crippen LogP contribution is 2.11. The molecule has 2 N–H and O–H groups in total. The van der Waals surface area contributed by atoms with Crippen LogP contribution in [0.2, 0.25) is 0 Å². The highest BCUT2D eigenvalue weighted by Gasteiger charge is 2.02. The van der Waals surface area contributed by atoms with E-state index in [2.05, 4.69) is 12.2 Å². The maximum absolute atomic E-state index is 11.5. The first-order chi connectivity index (χ1) is 7.76. The van der Waals surface area contributed by atoms with Crippen molar-refractivity contribution in [1.29, 1.82) is 0 Å². The van der Waals surface area contributed by atoms with Crippen LogP contribution in [0.25, 0.3) is 0 Å². The third kappa shape index (κ3) is 4.45. The molecule has 0 aliphatic carbocycles. The summed E-state index contributed by atoms with van der Waals surface area (Å²) < 4.78 is 0. The molecule has 0 saturated heterocycles. The average molecular weight is 221 g/mol. The number of rotatable bonds is 6. The predicted octanol–water partition coefficient (Wildman–Crippen LogP) is 2.35. The first-order valence-electron chi connectivity index (χ1n) is 5.76. The molecule has 3 heteroatoms. The van der Waals surface area contributed by atoms with Crippen LogP contribution in [0, 0.1) is 0 Å². The molecule has 1 aromatic carbocycles. The van der Waals surface area contributed by atoms with Crippen molar-refractivity contribution in [3.63, 3.8) is 0 Å². The summed E-state index contributed by atoms with van der Waals surface area (Å²) in [7, 11) is 0. The smallest absolute Gasteiger partial charge is 0.224 e. The van der Waals surface area contributed by atoms with Crippen molar-refractivity contribution in [1.82, 2.24) is 0 Å². The number of amides is 1. The molecule has 0 fully saturated rings. The van der Waals surface area contributed by atoms with E-state index in [-0.39, 0.29) is 12.5 Å². The molecule has 1 amide bonds. The largest absolute Gasteiger partial charge is 0.396 e. The second kappa shape index (κ2) is 7.01. The number of unbranched alkanes of at least 4 members (excludes halogenated alkanes) is 1. The molecule has 0 aliphatic heterocycles. The first kappa shape index (κ1) is 12.7. The lowest BCUT2D eigenvalue weighted by molar-refractivity contribution is -0.116. The highest BCUT2D eigenvalue weighted by atomic mass is 16.2. The zero-order chi connectivity index (χ0) is 11.8. The summed E-state index contributed by atoms with van der Waals surface area (Å²) >= 11 is 0. The lowest BCUT2D eigenvalue weighted by Gasteiger charge is -2.06. The van der Waals surface area contributed by atoms with Crippen LogP contribution in [0.3, 0.4) is 0 Å². The van der Waals surface area contributed by atoms with E-state index < -0.39 is 0 Å². The van der Waals surface area contributed by atoms with Crippen molar-refractivity contribution >= 4 is 11.6 Å². The van der Waals surface area contributed by atoms with Gasteiger partial charge in [0.05, 0.1) is 0 Å². The quantitative estimate of drug-likeness (QED) is 0.724. The number of aliphatic hydroxyl groups excluding tert-OH is 1. The minimum absolute atomic E-state index is 0.0155. The van der Waals surface area contributed by atoms with Crippen molar-refractivity contribution in [2.45, 2.75) is 32.6 Å². The Bertz CT molecular complexity index is 336. The topological polar surface area (TPSA) is 49.3 Å². The van der Waals surface area contributed by atoms with E-state index >= 15 is 0 Å². The van der Waals surface area contributed by atoms with Gasteiger partial charge in [-0.15, -0.1) is 0 Å². The average Bonchev–Trinajstić information content (AvgIpc) is 2.29. The lowest BCUT2D eigenvalue weighted by Crippen LogP contribution is -2.11. The van der Waals surface area contributed by atoms with E-state index in [0.29, 0.717) is 12.8 Å². The SMILES string of the molecule is CCc1cccc(NC(=O)CCCCO)c1. The number of anilines is 1. The Morgan fingerprint density at radius 3 is 2.88 bits per heavy atom. The van der Waals surface area contributed by atoms with Gasteiger partial charge in [0.1, 0.15) is 0 Å². The fourth-order valence-corrected chi connectivity index (χ4v) is 1.49. The fourth-order valence-electron chi connectivity index (χ4n) is 1.49. The number of carbonyl (C=O) groups excluding carboxylic acids is 1. The number of hydrogen-bond acceptors (Lipinski definition) is 2. The van der Waals surface area contributed by atoms with Crippen molar-refractivity contribution < 1.29 is 9.90 Å². The molecule has 3 nitrogen and oxygen atoms in total. The number of hydrogen-bond donors (Lipinski definition) is 2. The molecule has 0 atom stereocenters. The van der Waals surface area contributed by atoms with E-state index in [4.69, 9.17) is 5.11 Å². The van der Waals surface area contributed by atoms with Gasteiger partial charge in [-0.1, -0.05) is 19.1 Å². The molecule has 0 aliphatic rings. The Hall–Kier alpha value is -1.35. The monoisotopic (exact) mass is 221 g/mol. The number of carbonyl (C=O) groups is 1. The third-order valence-electron chi connectivity index (χ3n) is 2.43. The maximum Gasteiger partial charge on any atom is 0.224 e. The van der Waals surface area contributed by atoms with Crippen LogP contribution in [0.5, 0.6) is 0 Å². The van der Waals surface area contributed by atoms with Gasteiger partial charge in [0.15, 0.2) is 0 Å². The summed E-state index contributed by atoms with van der Waals surface area (Å²) in [6, 6.07) is 7.87. The number of aliphatic hydroxyl groups is 1. The van der Waals surface area contributed by atoms with E-state index in [9.17, 15) is 4.79 Å². The van der Waals surface area contributed by atoms with Gasteiger partial charge in [-0.3, -0.25) is 4.79 Å². The third-order valence-corrected chi connectivity index (χ3v) is 2.43. The van der Waals surface area contributed by atoms with Crippen LogP contribution in [-0.4, -0.2) is 17.6 Å². The Morgan fingerprint density at radius 1 is 1.38 bits per heavy atom. The van der Waals surface area contributed by atoms with Crippen LogP contribution in [0.1, 0.15) is 31.7 Å². The second-order valence-electron chi connectivity index (χ2n) is 3.78. The molecule has 0 bridgehead atoms. The van der Waals surface area contributed by atoms with Crippen molar-refractivity contribution in [3.05, 3.63) is 29.8 Å². The summed E-state index contributed by atoms with van der Waals surface area (Å²) in [5.41, 5.74) is 2.07. The van der Waals surface area contributed by atoms with Crippen molar-refractivity contribution in [2.24, 2.45) is 0 Å². The minimum atomic E-state index is 0.0155. The van der Waals surface area contributed by atoms with E-state index in [1.807, 2.05) is 24.3 Å². The molecule has 0 saturated carbocycles. The summed E-state index contributed by atoms with van der Waals surface area (Å²) in [5, 5.41) is 11.5. The van der Waals surface area contributed by atoms with E-state index in [1.54, 1.807) is 0 Å². The van der Waals surface area contributed by atoms with Crippen LogP contribution >= 0.6 is 0 Å². The van der Waals surface area contributed by atoms with Gasteiger partial charge in [-0.2, -0.15) is 0 Å². The Kier molecular flexibility index (Phi) is 5.57. The second-order valence-corrected chi connectivity index (χ2v) is 3.78. The van der Waals surface area contributed by atoms with Crippen molar-refractivity contribution in [2.75, 3.05) is 11.9 Å². The van der Waals surface area contributed by atoms with Crippen LogP contribution < -0.4 is 5.32 Å². The maximum atomic E-state index is 11.5. The van der Waals surface area contributed by atoms with Gasteiger partial charge >= 0.3 is 0 Å². The Morgan fingerprint density at radius 2 is 2.19 bits per heavy atom. The highest BCUT2D eigenvalue weighted by molar-refractivity contribution is 5.90. The van der Waals surface area contributed by atoms with E-state index in [1.165, 1.54) is 5.56 Å². The molecule has 0 radical (unpaired) electrons. The lowest BCUT2D eigenvalue weighted by atomic mass is 10.1. The molecule has 0 spiro atoms. The first-order valence-corrected chi connectivity index (χ1v) is 5.76. The minimum Gasteiger partial charge on any atom is -0.396 e. The Balaban J connectivity index is 2.43. The van der Waals surface area contributed by atoms with Crippen LogP contribution in [-0.2, 0) is 11.2 Å². The zero-order valence-electron chi connectivity index (χ0n) is 9.70. The molecule has 0 unspecified atom stereocenters. The molecule has 1 rings (SSSR count).